The molecule has 3 nitrogen and oxygen atoms in total. The quantitative estimate of drug-likeness (QED) is 0.0281. The summed E-state index contributed by atoms with van der Waals surface area (Å²) < 4.78 is 19.8. The first-order valence-corrected chi connectivity index (χ1v) is 50.0. The van der Waals surface area contributed by atoms with Gasteiger partial charge < -0.3 is 14.2 Å². The highest BCUT2D eigenvalue weighted by atomic mass is 79.9. The predicted molar refractivity (Wildman–Crippen MR) is 480 cm³/mol. The normalized spacial score (nSPS) is 11.7. The minimum Gasteiger partial charge on any atom is -0.323 e. The third-order valence-corrected chi connectivity index (χ3v) is 30.9. The minimum atomic E-state index is -1.13. The average Bonchev–Trinajstić information content (AvgIpc) is 1.63. The molecule has 0 spiro atoms. The van der Waals surface area contributed by atoms with Crippen LogP contribution in [0.4, 0.5) is 0 Å². The second kappa shape index (κ2) is 53.5. The van der Waals surface area contributed by atoms with Crippen molar-refractivity contribution >= 4 is 118 Å². The molecule has 0 unspecified atom stereocenters. The second-order valence-corrected chi connectivity index (χ2v) is 38.8. The van der Waals surface area contributed by atoms with Gasteiger partial charge in [-0.1, -0.05) is 234 Å². The summed E-state index contributed by atoms with van der Waals surface area (Å²) in [4.78, 5) is 18.4. The fraction of sp³-hybridized carbons (Fsp3) is 0.604. The van der Waals surface area contributed by atoms with Crippen molar-refractivity contribution in [1.82, 2.24) is 0 Å². The summed E-state index contributed by atoms with van der Waals surface area (Å²) in [6.07, 6.45) is 55.9. The Hall–Kier alpha value is -2.34. The summed E-state index contributed by atoms with van der Waals surface area (Å²) in [6.45, 7) is 21.3. The smallest absolute Gasteiger partial charge is 0.321 e. The summed E-state index contributed by atoms with van der Waals surface area (Å²) in [5, 5.41) is 9.13. The van der Waals surface area contributed by atoms with E-state index in [-0.39, 0.29) is 0 Å². The Morgan fingerprint density at radius 3 is 0.750 bits per heavy atom. The Morgan fingerprint density at radius 1 is 0.250 bits per heavy atom. The molecule has 9 rings (SSSR count). The van der Waals surface area contributed by atoms with Gasteiger partial charge in [-0.15, -0.1) is 102 Å². The lowest BCUT2D eigenvalue weighted by molar-refractivity contribution is -0.387. The molecule has 0 bridgehead atoms. The molecule has 0 aliphatic carbocycles. The Labute approximate surface area is 678 Å². The van der Waals surface area contributed by atoms with Gasteiger partial charge in [0.1, 0.15) is 0 Å². The molecule has 9 aromatic rings. The highest BCUT2D eigenvalue weighted by molar-refractivity contribution is 9.11. The van der Waals surface area contributed by atoms with Crippen LogP contribution in [0.3, 0.4) is 0 Å². The first-order chi connectivity index (χ1) is 51.2. The maximum Gasteiger partial charge on any atom is 0.321 e. The molecule has 13 heteroatoms. The topological polar surface area (TPSA) is 27.7 Å². The van der Waals surface area contributed by atoms with Crippen molar-refractivity contribution in [3.05, 3.63) is 136 Å². The Kier molecular flexibility index (Phi) is 45.7. The molecule has 104 heavy (non-hydrogen) atoms. The molecule has 0 amide bonds. The number of aryl methyl sites for hydroxylation is 6. The molecule has 0 N–H and O–H groups in total. The van der Waals surface area contributed by atoms with E-state index in [0.29, 0.717) is 19.8 Å². The van der Waals surface area contributed by atoms with Crippen LogP contribution < -0.4 is 0 Å². The Balaban J connectivity index is 0.000000221. The molecule has 0 saturated carbocycles. The molecule has 0 atom stereocenters. The van der Waals surface area contributed by atoms with Gasteiger partial charge >= 0.3 is 5.97 Å². The number of halogens is 1. The van der Waals surface area contributed by atoms with E-state index in [9.17, 15) is 0 Å². The lowest BCUT2D eigenvalue weighted by atomic mass is 10.0. The zero-order valence-electron chi connectivity index (χ0n) is 65.8. The number of ether oxygens (including phenoxy) is 3. The van der Waals surface area contributed by atoms with Gasteiger partial charge in [-0.05, 0) is 241 Å². The zero-order chi connectivity index (χ0) is 73.7. The maximum atomic E-state index is 6.19. The molecule has 9 heterocycles. The molecule has 0 fully saturated rings. The molecule has 9 aromatic heterocycles. The van der Waals surface area contributed by atoms with Crippen LogP contribution in [-0.2, 0) is 58.7 Å². The van der Waals surface area contributed by atoms with Gasteiger partial charge in [0.15, 0.2) is 0 Å². The third kappa shape index (κ3) is 30.4. The molecule has 576 valence electrons. The molecular formula is C91H133BrO3S9. The van der Waals surface area contributed by atoms with E-state index in [1.807, 2.05) is 111 Å². The lowest BCUT2D eigenvalue weighted by Gasteiger charge is -2.31. The summed E-state index contributed by atoms with van der Waals surface area (Å²) in [5.74, 6) is -1.13. The predicted octanol–water partition coefficient (Wildman–Crippen LogP) is 35.0. The van der Waals surface area contributed by atoms with Crippen LogP contribution in [0.15, 0.2) is 98.1 Å². The second-order valence-electron chi connectivity index (χ2n) is 28.4. The maximum absolute atomic E-state index is 6.19. The largest absolute Gasteiger partial charge is 0.323 e. The standard InChI is InChI=1S/C35H54O3S3.C28H39BrS3.C28H40S3/c1-6-11-13-15-17-19-21-28-25-26-39-33(28)30-23-24-31(40-30)34-29(22-20-18-16-14-12-7-2)27-32(41-34)35(36-8-3,37-9-4)38-10-5;1-3-5-7-9-11-13-15-22-19-20-30-27(22)24-17-18-25(31-24)28-23(21-26(29)32-28)16-14-12-10-8-6-4-2;1-3-5-7-9-11-13-15-23-19-21-29-27(23)25-17-18-26(31-25)28-24(20-22-30-28)16-14-12-10-8-6-4-2/h23-27H,6-22H2,1-5H3;17-21H,3-16H2,1-2H3;17-22H,3-16H2,1-2H3. The summed E-state index contributed by atoms with van der Waals surface area (Å²) in [5.41, 5.74) is 9.12. The van der Waals surface area contributed by atoms with E-state index in [0.717, 1.165) is 11.3 Å². The molecular weight excluding hydrogens is 1510 g/mol. The van der Waals surface area contributed by atoms with Crippen molar-refractivity contribution in [1.29, 1.82) is 0 Å². The van der Waals surface area contributed by atoms with Crippen LogP contribution in [0.5, 0.6) is 0 Å². The Bertz CT molecular complexity index is 3500. The monoisotopic (exact) mass is 1640 g/mol. The highest BCUT2D eigenvalue weighted by Crippen LogP contribution is 2.49. The van der Waals surface area contributed by atoms with Crippen molar-refractivity contribution in [2.24, 2.45) is 0 Å². The van der Waals surface area contributed by atoms with E-state index >= 15 is 0 Å². The molecule has 0 aliphatic heterocycles. The third-order valence-electron chi connectivity index (χ3n) is 19.8. The van der Waals surface area contributed by atoms with Gasteiger partial charge in [0.2, 0.25) is 0 Å². The van der Waals surface area contributed by atoms with Crippen LogP contribution in [0, 0.1) is 0 Å². The number of thiophene rings is 9. The molecule has 0 aliphatic rings. The van der Waals surface area contributed by atoms with Crippen molar-refractivity contribution in [2.75, 3.05) is 19.8 Å². The zero-order valence-corrected chi connectivity index (χ0v) is 74.8. The Morgan fingerprint density at radius 2 is 0.481 bits per heavy atom. The summed E-state index contributed by atoms with van der Waals surface area (Å²) in [6, 6.07) is 28.2. The summed E-state index contributed by atoms with van der Waals surface area (Å²) >= 11 is 21.0. The van der Waals surface area contributed by atoms with Crippen molar-refractivity contribution < 1.29 is 14.2 Å². The van der Waals surface area contributed by atoms with Gasteiger partial charge in [-0.3, -0.25) is 0 Å². The number of hydrogen-bond acceptors (Lipinski definition) is 12. The van der Waals surface area contributed by atoms with Gasteiger partial charge in [0.25, 0.3) is 0 Å². The van der Waals surface area contributed by atoms with Crippen LogP contribution in [0.25, 0.3) is 58.5 Å². The van der Waals surface area contributed by atoms with Crippen molar-refractivity contribution in [3.63, 3.8) is 0 Å². The SMILES string of the molecule is CCCCCCCCc1ccsc1-c1ccc(-c2sc(Br)cc2CCCCCCCC)s1.CCCCCCCCc1ccsc1-c1ccc(-c2sc(C(OCC)(OCC)OCC)cc2CCCCCCCC)s1.CCCCCCCCc1ccsc1-c1ccc(-c2sccc2CCCCCCCC)s1. The number of rotatable bonds is 55. The van der Waals surface area contributed by atoms with Crippen LogP contribution >= 0.6 is 118 Å². The van der Waals surface area contributed by atoms with Gasteiger partial charge in [-0.2, -0.15) is 0 Å². The first-order valence-electron chi connectivity index (χ1n) is 41.6. The van der Waals surface area contributed by atoms with Crippen LogP contribution in [-0.4, -0.2) is 19.8 Å². The van der Waals surface area contributed by atoms with E-state index in [1.165, 1.54) is 342 Å². The van der Waals surface area contributed by atoms with E-state index < -0.39 is 5.97 Å². The average molecular weight is 1640 g/mol. The minimum absolute atomic E-state index is 0.531. The fourth-order valence-corrected chi connectivity index (χ4v) is 24.7. The molecule has 0 radical (unpaired) electrons. The lowest BCUT2D eigenvalue weighted by Crippen LogP contribution is -2.35. The fourth-order valence-electron chi connectivity index (χ4n) is 14.0. The van der Waals surface area contributed by atoms with Crippen molar-refractivity contribution in [3.8, 4) is 58.5 Å². The van der Waals surface area contributed by atoms with Gasteiger partial charge in [-0.25, -0.2) is 0 Å². The van der Waals surface area contributed by atoms with Gasteiger partial charge in [0, 0.05) is 58.5 Å². The van der Waals surface area contributed by atoms with Crippen LogP contribution in [0.1, 0.15) is 332 Å². The van der Waals surface area contributed by atoms with E-state index in [4.69, 9.17) is 14.2 Å². The number of hydrogen-bond donors (Lipinski definition) is 0. The van der Waals surface area contributed by atoms with E-state index in [1.54, 1.807) is 28.0 Å². The molecule has 0 aromatic carbocycles. The van der Waals surface area contributed by atoms with Gasteiger partial charge in [0.05, 0.1) is 28.5 Å². The summed E-state index contributed by atoms with van der Waals surface area (Å²) in [7, 11) is 0. The first kappa shape index (κ1) is 88.9. The molecule has 0 saturated heterocycles. The van der Waals surface area contributed by atoms with Crippen LogP contribution in [0.2, 0.25) is 0 Å². The highest BCUT2D eigenvalue weighted by Gasteiger charge is 2.38. The van der Waals surface area contributed by atoms with Crippen molar-refractivity contribution in [2.45, 2.75) is 338 Å². The number of unbranched alkanes of at least 4 members (excludes halogenated alkanes) is 30. The van der Waals surface area contributed by atoms with E-state index in [2.05, 4.69) is 152 Å².